The van der Waals surface area contributed by atoms with Gasteiger partial charge in [-0.3, -0.25) is 4.79 Å². The minimum Gasteiger partial charge on any atom is -0.320 e. The molecule has 1 aromatic heterocycles. The molecule has 3 N–H and O–H groups in total. The number of benzene rings is 1. The summed E-state index contributed by atoms with van der Waals surface area (Å²) in [6, 6.07) is 7.83. The number of hydrogen-bond acceptors (Lipinski definition) is 4. The Morgan fingerprint density at radius 2 is 1.90 bits per heavy atom. The first-order valence-electron chi connectivity index (χ1n) is 6.90. The van der Waals surface area contributed by atoms with Crippen LogP contribution >= 0.6 is 11.3 Å². The zero-order valence-corrected chi connectivity index (χ0v) is 13.6. The van der Waals surface area contributed by atoms with Gasteiger partial charge in [0.2, 0.25) is 5.91 Å². The topological polar surface area (TPSA) is 68.0 Å². The van der Waals surface area contributed by atoms with Gasteiger partial charge in [-0.1, -0.05) is 45.0 Å². The number of anilines is 1. The maximum Gasteiger partial charge on any atom is 0.242 e. The Hall–Kier alpha value is -1.72. The van der Waals surface area contributed by atoms with Crippen LogP contribution in [0.2, 0.25) is 0 Å². The third-order valence-electron chi connectivity index (χ3n) is 3.19. The number of rotatable bonds is 3. The van der Waals surface area contributed by atoms with Crippen molar-refractivity contribution in [3.05, 3.63) is 35.2 Å². The average molecular weight is 303 g/mol. The third-order valence-corrected chi connectivity index (χ3v) is 3.95. The number of carbonyl (C=O) groups is 1. The number of nitrogens with one attached hydrogen (secondary N) is 1. The molecule has 5 heteroatoms. The Kier molecular flexibility index (Phi) is 4.44. The van der Waals surface area contributed by atoms with Gasteiger partial charge >= 0.3 is 0 Å². The van der Waals surface area contributed by atoms with E-state index in [1.54, 1.807) is 6.92 Å². The van der Waals surface area contributed by atoms with Crippen LogP contribution in [0, 0.1) is 0 Å². The molecule has 21 heavy (non-hydrogen) atoms. The molecule has 1 heterocycles. The van der Waals surface area contributed by atoms with E-state index in [4.69, 9.17) is 5.73 Å². The normalized spacial score (nSPS) is 13.0. The molecule has 0 aliphatic carbocycles. The molecule has 1 aromatic carbocycles. The minimum atomic E-state index is -0.539. The number of nitrogens with two attached hydrogens (primary N) is 1. The second-order valence-electron chi connectivity index (χ2n) is 6.14. The van der Waals surface area contributed by atoms with Gasteiger partial charge in [-0.15, -0.1) is 11.3 Å². The molecule has 0 spiro atoms. The molecule has 112 valence electrons. The summed E-state index contributed by atoms with van der Waals surface area (Å²) in [6.45, 7) is 8.21. The van der Waals surface area contributed by atoms with Crippen molar-refractivity contribution in [1.29, 1.82) is 0 Å². The lowest BCUT2D eigenvalue weighted by Crippen LogP contribution is -2.32. The molecule has 0 aliphatic heterocycles. The average Bonchev–Trinajstić information content (AvgIpc) is 2.86. The van der Waals surface area contributed by atoms with Crippen LogP contribution in [0.15, 0.2) is 29.6 Å². The molecular formula is C16H21N3OS. The molecule has 0 fully saturated rings. The molecule has 2 rings (SSSR count). The molecule has 2 aromatic rings. The first-order chi connectivity index (χ1) is 9.77. The molecule has 0 saturated heterocycles. The minimum absolute atomic E-state index is 0.136. The third kappa shape index (κ3) is 3.89. The van der Waals surface area contributed by atoms with E-state index in [1.165, 1.54) is 16.9 Å². The molecule has 0 radical (unpaired) electrons. The number of aromatic nitrogens is 1. The van der Waals surface area contributed by atoms with Crippen LogP contribution in [0.3, 0.4) is 0 Å². The monoisotopic (exact) mass is 303 g/mol. The van der Waals surface area contributed by atoms with E-state index in [9.17, 15) is 4.79 Å². The van der Waals surface area contributed by atoms with Crippen LogP contribution < -0.4 is 11.1 Å². The van der Waals surface area contributed by atoms with Crippen LogP contribution in [0.5, 0.6) is 0 Å². The highest BCUT2D eigenvalue weighted by Crippen LogP contribution is 2.28. The van der Waals surface area contributed by atoms with Gasteiger partial charge in [0, 0.05) is 10.9 Å². The van der Waals surface area contributed by atoms with Crippen molar-refractivity contribution >= 4 is 22.4 Å². The van der Waals surface area contributed by atoms with Crippen molar-refractivity contribution in [2.45, 2.75) is 39.2 Å². The van der Waals surface area contributed by atoms with E-state index in [-0.39, 0.29) is 11.3 Å². The zero-order chi connectivity index (χ0) is 15.6. The van der Waals surface area contributed by atoms with Crippen molar-refractivity contribution in [2.24, 2.45) is 5.73 Å². The quantitative estimate of drug-likeness (QED) is 0.913. The summed E-state index contributed by atoms with van der Waals surface area (Å²) >= 11 is 1.40. The van der Waals surface area contributed by atoms with Gasteiger partial charge in [0.1, 0.15) is 0 Å². The van der Waals surface area contributed by atoms with Gasteiger partial charge in [-0.25, -0.2) is 4.98 Å². The summed E-state index contributed by atoms with van der Waals surface area (Å²) in [5.74, 6) is -0.223. The standard InChI is InChI=1S/C16H21N3OS/c1-10(17)14(20)19-15-18-13(9-21-15)11-5-7-12(8-6-11)16(2,3)4/h5-10H,17H2,1-4H3,(H,18,19,20)/t10-/m1/s1. The number of amides is 1. The van der Waals surface area contributed by atoms with Crippen LogP contribution in [0.25, 0.3) is 11.3 Å². The molecular weight excluding hydrogens is 282 g/mol. The van der Waals surface area contributed by atoms with Crippen molar-refractivity contribution in [1.82, 2.24) is 4.98 Å². The van der Waals surface area contributed by atoms with Gasteiger partial charge in [-0.2, -0.15) is 0 Å². The molecule has 0 bridgehead atoms. The van der Waals surface area contributed by atoms with Crippen LogP contribution in [-0.2, 0) is 10.2 Å². The van der Waals surface area contributed by atoms with Crippen molar-refractivity contribution in [3.63, 3.8) is 0 Å². The predicted octanol–water partition coefficient (Wildman–Crippen LogP) is 3.39. The Labute approximate surface area is 129 Å². The predicted molar refractivity (Wildman–Crippen MR) is 88.5 cm³/mol. The first-order valence-corrected chi connectivity index (χ1v) is 7.78. The van der Waals surface area contributed by atoms with E-state index in [0.29, 0.717) is 5.13 Å². The fourth-order valence-corrected chi connectivity index (χ4v) is 2.55. The Morgan fingerprint density at radius 1 is 1.29 bits per heavy atom. The van der Waals surface area contributed by atoms with Crippen LogP contribution in [-0.4, -0.2) is 16.9 Å². The number of carbonyl (C=O) groups excluding carboxylic acids is 1. The lowest BCUT2D eigenvalue weighted by atomic mass is 9.86. The number of nitrogens with zero attached hydrogens (tertiary/aromatic N) is 1. The fourth-order valence-electron chi connectivity index (χ4n) is 1.82. The number of hydrogen-bond donors (Lipinski definition) is 2. The van der Waals surface area contributed by atoms with E-state index in [1.807, 2.05) is 5.38 Å². The summed E-state index contributed by atoms with van der Waals surface area (Å²) in [4.78, 5) is 16.0. The van der Waals surface area contributed by atoms with Gasteiger partial charge in [0.25, 0.3) is 0 Å². The fraction of sp³-hybridized carbons (Fsp3) is 0.375. The van der Waals surface area contributed by atoms with E-state index in [0.717, 1.165) is 11.3 Å². The van der Waals surface area contributed by atoms with Gasteiger partial charge in [0.05, 0.1) is 11.7 Å². The molecule has 1 amide bonds. The summed E-state index contributed by atoms with van der Waals surface area (Å²) < 4.78 is 0. The Morgan fingerprint density at radius 3 is 2.43 bits per heavy atom. The van der Waals surface area contributed by atoms with Crippen LogP contribution in [0.1, 0.15) is 33.3 Å². The molecule has 4 nitrogen and oxygen atoms in total. The molecule has 0 saturated carbocycles. The largest absolute Gasteiger partial charge is 0.320 e. The summed E-state index contributed by atoms with van der Waals surface area (Å²) in [5.41, 5.74) is 8.85. The van der Waals surface area contributed by atoms with E-state index < -0.39 is 6.04 Å². The molecule has 1 atom stereocenters. The smallest absolute Gasteiger partial charge is 0.242 e. The maximum absolute atomic E-state index is 11.5. The second-order valence-corrected chi connectivity index (χ2v) is 7.00. The lowest BCUT2D eigenvalue weighted by Gasteiger charge is -2.18. The summed E-state index contributed by atoms with van der Waals surface area (Å²) in [6.07, 6.45) is 0. The summed E-state index contributed by atoms with van der Waals surface area (Å²) in [7, 11) is 0. The Bertz CT molecular complexity index is 624. The maximum atomic E-state index is 11.5. The highest BCUT2D eigenvalue weighted by atomic mass is 32.1. The van der Waals surface area contributed by atoms with Crippen molar-refractivity contribution in [3.8, 4) is 11.3 Å². The van der Waals surface area contributed by atoms with Crippen molar-refractivity contribution < 1.29 is 4.79 Å². The lowest BCUT2D eigenvalue weighted by molar-refractivity contribution is -0.117. The zero-order valence-electron chi connectivity index (χ0n) is 12.8. The SMILES string of the molecule is C[C@@H](N)C(=O)Nc1nc(-c2ccc(C(C)(C)C)cc2)cs1. The number of thiazole rings is 1. The van der Waals surface area contributed by atoms with E-state index in [2.05, 4.69) is 55.3 Å². The molecule has 0 unspecified atom stereocenters. The highest BCUT2D eigenvalue weighted by Gasteiger charge is 2.14. The van der Waals surface area contributed by atoms with Gasteiger partial charge < -0.3 is 11.1 Å². The van der Waals surface area contributed by atoms with Gasteiger partial charge in [-0.05, 0) is 17.9 Å². The van der Waals surface area contributed by atoms with Crippen molar-refractivity contribution in [2.75, 3.05) is 5.32 Å². The molecule has 0 aliphatic rings. The second kappa shape index (κ2) is 5.95. The Balaban J connectivity index is 2.16. The summed E-state index contributed by atoms with van der Waals surface area (Å²) in [5, 5.41) is 5.22. The highest BCUT2D eigenvalue weighted by molar-refractivity contribution is 7.14. The van der Waals surface area contributed by atoms with Crippen LogP contribution in [0.4, 0.5) is 5.13 Å². The first kappa shape index (κ1) is 15.7. The van der Waals surface area contributed by atoms with Gasteiger partial charge in [0.15, 0.2) is 5.13 Å². The van der Waals surface area contributed by atoms with E-state index >= 15 is 0 Å².